The molecule has 0 spiro atoms. The Morgan fingerprint density at radius 3 is 2.78 bits per heavy atom. The largest absolute Gasteiger partial charge is 0.349 e. The lowest BCUT2D eigenvalue weighted by atomic mass is 9.88. The van der Waals surface area contributed by atoms with Crippen LogP contribution in [-0.4, -0.2) is 38.7 Å². The Morgan fingerprint density at radius 1 is 1.19 bits per heavy atom. The minimum Gasteiger partial charge on any atom is -0.349 e. The smallest absolute Gasteiger partial charge is 0.285 e. The number of hydrogen-bond donors (Lipinski definition) is 1. The van der Waals surface area contributed by atoms with Crippen LogP contribution >= 0.6 is 0 Å². The molecule has 6 nitrogen and oxygen atoms in total. The lowest BCUT2D eigenvalue weighted by molar-refractivity contribution is -0.122. The highest BCUT2D eigenvalue weighted by molar-refractivity contribution is 7.90. The van der Waals surface area contributed by atoms with Crippen molar-refractivity contribution in [3.8, 4) is 0 Å². The van der Waals surface area contributed by atoms with Gasteiger partial charge in [0.2, 0.25) is 5.91 Å². The highest BCUT2D eigenvalue weighted by atomic mass is 32.2. The standard InChI is InChI=1S/C20H21N3O3S/c1-23(20-16-10-4-5-12-18(16)27(25,26)22-20)13-19(24)21-17-11-6-8-14-7-2-3-9-15(14)17/h2-5,7,9-10,12,17H,6,8,11,13H2,1H3,(H,21,24)/t17-/m1/s1. The van der Waals surface area contributed by atoms with E-state index in [0.29, 0.717) is 11.4 Å². The van der Waals surface area contributed by atoms with Crippen molar-refractivity contribution in [2.75, 3.05) is 13.6 Å². The molecule has 0 bridgehead atoms. The zero-order valence-electron chi connectivity index (χ0n) is 15.1. The summed E-state index contributed by atoms with van der Waals surface area (Å²) in [7, 11) is -2.00. The van der Waals surface area contributed by atoms with Gasteiger partial charge in [-0.3, -0.25) is 4.79 Å². The van der Waals surface area contributed by atoms with Crippen molar-refractivity contribution < 1.29 is 13.2 Å². The number of likely N-dealkylation sites (N-methyl/N-ethyl adjacent to an activating group) is 1. The lowest BCUT2D eigenvalue weighted by Crippen LogP contribution is -2.40. The van der Waals surface area contributed by atoms with Crippen LogP contribution in [0.5, 0.6) is 0 Å². The molecule has 0 fully saturated rings. The molecule has 0 saturated carbocycles. The Hall–Kier alpha value is -2.67. The minimum atomic E-state index is -3.69. The molecule has 0 aromatic heterocycles. The summed E-state index contributed by atoms with van der Waals surface area (Å²) in [5.41, 5.74) is 2.99. The van der Waals surface area contributed by atoms with E-state index >= 15 is 0 Å². The maximum atomic E-state index is 12.6. The van der Waals surface area contributed by atoms with Gasteiger partial charge in [0.1, 0.15) is 4.90 Å². The van der Waals surface area contributed by atoms with Crippen LogP contribution < -0.4 is 5.32 Å². The fourth-order valence-corrected chi connectivity index (χ4v) is 5.05. The second kappa shape index (κ2) is 6.81. The molecule has 0 radical (unpaired) electrons. The monoisotopic (exact) mass is 383 g/mol. The summed E-state index contributed by atoms with van der Waals surface area (Å²) in [6.07, 6.45) is 2.98. The zero-order valence-corrected chi connectivity index (χ0v) is 15.9. The van der Waals surface area contributed by atoms with Crippen molar-refractivity contribution in [2.24, 2.45) is 4.40 Å². The van der Waals surface area contributed by atoms with Gasteiger partial charge in [0.25, 0.3) is 10.0 Å². The van der Waals surface area contributed by atoms with Crippen LogP contribution in [0.2, 0.25) is 0 Å². The van der Waals surface area contributed by atoms with Crippen molar-refractivity contribution in [3.05, 3.63) is 65.2 Å². The van der Waals surface area contributed by atoms with Crippen LogP contribution in [-0.2, 0) is 21.2 Å². The number of nitrogens with zero attached hydrogens (tertiary/aromatic N) is 2. The first-order valence-corrected chi connectivity index (χ1v) is 10.4. The third-order valence-electron chi connectivity index (χ3n) is 5.06. The molecule has 7 heteroatoms. The van der Waals surface area contributed by atoms with Gasteiger partial charge in [0.05, 0.1) is 12.6 Å². The molecule has 2 aliphatic rings. The van der Waals surface area contributed by atoms with E-state index in [1.54, 1.807) is 30.1 Å². The molecule has 2 aromatic rings. The van der Waals surface area contributed by atoms with Crippen molar-refractivity contribution in [1.29, 1.82) is 0 Å². The Labute approximate surface area is 159 Å². The number of nitrogens with one attached hydrogen (secondary N) is 1. The molecule has 1 amide bonds. The Kier molecular flexibility index (Phi) is 4.47. The fourth-order valence-electron chi connectivity index (χ4n) is 3.80. The molecule has 4 rings (SSSR count). The summed E-state index contributed by atoms with van der Waals surface area (Å²) < 4.78 is 28.2. The molecular weight excluding hydrogens is 362 g/mol. The van der Waals surface area contributed by atoms with Crippen LogP contribution in [0, 0.1) is 0 Å². The Morgan fingerprint density at radius 2 is 1.93 bits per heavy atom. The number of sulfonamides is 1. The van der Waals surface area contributed by atoms with Crippen molar-refractivity contribution in [3.63, 3.8) is 0 Å². The van der Waals surface area contributed by atoms with Gasteiger partial charge >= 0.3 is 0 Å². The number of fused-ring (bicyclic) bond motifs is 2. The first-order valence-electron chi connectivity index (χ1n) is 8.98. The Bertz CT molecular complexity index is 1030. The molecule has 1 aliphatic heterocycles. The fraction of sp³-hybridized carbons (Fsp3) is 0.300. The number of aryl methyl sites for hydroxylation is 1. The lowest BCUT2D eigenvalue weighted by Gasteiger charge is -2.27. The first-order chi connectivity index (χ1) is 13.0. The maximum absolute atomic E-state index is 12.6. The summed E-state index contributed by atoms with van der Waals surface area (Å²) in [4.78, 5) is 14.4. The van der Waals surface area contributed by atoms with Gasteiger partial charge in [-0.15, -0.1) is 4.40 Å². The normalized spacial score (nSPS) is 19.6. The van der Waals surface area contributed by atoms with E-state index in [2.05, 4.69) is 21.8 Å². The van der Waals surface area contributed by atoms with E-state index in [0.717, 1.165) is 19.3 Å². The first kappa shape index (κ1) is 17.7. The summed E-state index contributed by atoms with van der Waals surface area (Å²) >= 11 is 0. The molecule has 1 heterocycles. The molecular formula is C20H21N3O3S. The van der Waals surface area contributed by atoms with E-state index in [4.69, 9.17) is 0 Å². The summed E-state index contributed by atoms with van der Waals surface area (Å²) in [6.45, 7) is 0.0430. The predicted octanol–water partition coefficient (Wildman–Crippen LogP) is 2.26. The second-order valence-corrected chi connectivity index (χ2v) is 8.53. The third kappa shape index (κ3) is 3.35. The van der Waals surface area contributed by atoms with Crippen LogP contribution in [0.1, 0.15) is 35.6 Å². The third-order valence-corrected chi connectivity index (χ3v) is 6.38. The number of benzene rings is 2. The molecule has 2 aromatic carbocycles. The van der Waals surface area contributed by atoms with Crippen molar-refractivity contribution in [2.45, 2.75) is 30.2 Å². The second-order valence-electron chi connectivity index (χ2n) is 6.95. The van der Waals surface area contributed by atoms with E-state index in [9.17, 15) is 13.2 Å². The number of hydrogen-bond acceptors (Lipinski definition) is 4. The number of amides is 1. The molecule has 1 N–H and O–H groups in total. The summed E-state index contributed by atoms with van der Waals surface area (Å²) in [5.74, 6) is 0.161. The predicted molar refractivity (Wildman–Crippen MR) is 103 cm³/mol. The van der Waals surface area contributed by atoms with Gasteiger partial charge in [-0.05, 0) is 42.5 Å². The van der Waals surface area contributed by atoms with Crippen LogP contribution in [0.15, 0.2) is 57.8 Å². The van der Waals surface area contributed by atoms with Crippen molar-refractivity contribution >= 4 is 21.8 Å². The average Bonchev–Trinajstić information content (AvgIpc) is 2.94. The highest BCUT2D eigenvalue weighted by Crippen LogP contribution is 2.30. The molecule has 27 heavy (non-hydrogen) atoms. The van der Waals surface area contributed by atoms with E-state index < -0.39 is 10.0 Å². The van der Waals surface area contributed by atoms with Gasteiger partial charge in [-0.2, -0.15) is 8.42 Å². The number of carbonyl (C=O) groups is 1. The number of amidine groups is 1. The van der Waals surface area contributed by atoms with Crippen LogP contribution in [0.4, 0.5) is 0 Å². The maximum Gasteiger partial charge on any atom is 0.285 e. The van der Waals surface area contributed by atoms with Crippen LogP contribution in [0.3, 0.4) is 0 Å². The molecule has 1 atom stereocenters. The minimum absolute atomic E-state index is 0.00242. The van der Waals surface area contributed by atoms with Gasteiger partial charge in [-0.1, -0.05) is 36.4 Å². The molecule has 140 valence electrons. The van der Waals surface area contributed by atoms with Gasteiger partial charge < -0.3 is 10.2 Å². The SMILES string of the molecule is CN(CC(=O)N[C@@H]1CCCc2ccccc21)C1=NS(=O)(=O)c2ccccc21. The Balaban J connectivity index is 1.49. The zero-order chi connectivity index (χ0) is 19.0. The van der Waals surface area contributed by atoms with Gasteiger partial charge in [-0.25, -0.2) is 0 Å². The highest BCUT2D eigenvalue weighted by Gasteiger charge is 2.31. The van der Waals surface area contributed by atoms with Gasteiger partial charge in [0, 0.05) is 12.6 Å². The topological polar surface area (TPSA) is 78.8 Å². The molecule has 0 unspecified atom stereocenters. The number of rotatable bonds is 3. The molecule has 1 aliphatic carbocycles. The van der Waals surface area contributed by atoms with E-state index in [-0.39, 0.29) is 23.4 Å². The average molecular weight is 383 g/mol. The quantitative estimate of drug-likeness (QED) is 0.882. The van der Waals surface area contributed by atoms with E-state index in [1.807, 2.05) is 12.1 Å². The summed E-state index contributed by atoms with van der Waals surface area (Å²) in [5, 5.41) is 3.09. The van der Waals surface area contributed by atoms with Crippen LogP contribution in [0.25, 0.3) is 0 Å². The van der Waals surface area contributed by atoms with Gasteiger partial charge in [0.15, 0.2) is 5.84 Å². The number of carbonyl (C=O) groups excluding carboxylic acids is 1. The van der Waals surface area contributed by atoms with E-state index in [1.165, 1.54) is 17.2 Å². The van der Waals surface area contributed by atoms with Crippen molar-refractivity contribution in [1.82, 2.24) is 10.2 Å². The summed E-state index contributed by atoms with van der Waals surface area (Å²) in [6, 6.07) is 14.9. The molecule has 0 saturated heterocycles.